The van der Waals surface area contributed by atoms with E-state index < -0.39 is 5.91 Å². The van der Waals surface area contributed by atoms with Gasteiger partial charge in [0.2, 0.25) is 5.91 Å². The van der Waals surface area contributed by atoms with E-state index in [9.17, 15) is 14.0 Å². The first-order valence-electron chi connectivity index (χ1n) is 6.37. The number of rotatable bonds is 6. The quantitative estimate of drug-likeness (QED) is 0.830. The molecule has 4 nitrogen and oxygen atoms in total. The summed E-state index contributed by atoms with van der Waals surface area (Å²) in [5, 5.41) is 0. The Hall–Kier alpha value is -2.69. The molecule has 0 saturated heterocycles. The molecule has 0 radical (unpaired) electrons. The number of nitrogens with two attached hydrogens (primary N) is 1. The smallest absolute Gasteiger partial charge is 0.248 e. The lowest BCUT2D eigenvalue weighted by atomic mass is 10.1. The number of carbonyl (C=O) groups excluding carboxylic acids is 2. The van der Waals surface area contributed by atoms with Gasteiger partial charge >= 0.3 is 0 Å². The summed E-state index contributed by atoms with van der Waals surface area (Å²) in [5.74, 6) is -0.590. The molecule has 2 rings (SSSR count). The van der Waals surface area contributed by atoms with Crippen LogP contribution in [-0.4, -0.2) is 18.3 Å². The van der Waals surface area contributed by atoms with Crippen LogP contribution in [0, 0.1) is 5.82 Å². The highest BCUT2D eigenvalue weighted by Crippen LogP contribution is 2.14. The van der Waals surface area contributed by atoms with Gasteiger partial charge in [-0.2, -0.15) is 0 Å². The molecule has 0 aromatic heterocycles. The van der Waals surface area contributed by atoms with E-state index in [2.05, 4.69) is 0 Å². The largest absolute Gasteiger partial charge is 0.493 e. The van der Waals surface area contributed by atoms with E-state index in [1.165, 1.54) is 30.3 Å². The number of benzene rings is 2. The molecule has 1 amide bonds. The number of ketones is 1. The molecular formula is C16H14FNO3. The third-order valence-electron chi connectivity index (χ3n) is 2.88. The molecule has 2 aromatic carbocycles. The molecular weight excluding hydrogens is 273 g/mol. The fourth-order valence-electron chi connectivity index (χ4n) is 1.78. The molecule has 5 heteroatoms. The summed E-state index contributed by atoms with van der Waals surface area (Å²) in [6.07, 6.45) is 0.159. The number of halogens is 1. The van der Waals surface area contributed by atoms with Gasteiger partial charge in [-0.25, -0.2) is 4.39 Å². The molecule has 2 aromatic rings. The summed E-state index contributed by atoms with van der Waals surface area (Å²) in [5.41, 5.74) is 5.95. The van der Waals surface area contributed by atoms with Gasteiger partial charge in [-0.1, -0.05) is 6.07 Å². The van der Waals surface area contributed by atoms with Crippen LogP contribution >= 0.6 is 0 Å². The van der Waals surface area contributed by atoms with E-state index in [1.54, 1.807) is 18.2 Å². The predicted octanol–water partition coefficient (Wildman–Crippen LogP) is 2.58. The zero-order valence-electron chi connectivity index (χ0n) is 11.2. The van der Waals surface area contributed by atoms with Crippen molar-refractivity contribution in [2.24, 2.45) is 5.73 Å². The standard InChI is InChI=1S/C16H14FNO3/c17-13-6-4-11(5-7-13)15(19)8-9-21-14-3-1-2-12(10-14)16(18)20/h1-7,10H,8-9H2,(H2,18,20). The lowest BCUT2D eigenvalue weighted by Crippen LogP contribution is -2.11. The molecule has 0 atom stereocenters. The van der Waals surface area contributed by atoms with E-state index in [4.69, 9.17) is 10.5 Å². The van der Waals surface area contributed by atoms with Crippen molar-refractivity contribution < 1.29 is 18.7 Å². The van der Waals surface area contributed by atoms with Gasteiger partial charge in [-0.15, -0.1) is 0 Å². The van der Waals surface area contributed by atoms with E-state index >= 15 is 0 Å². The van der Waals surface area contributed by atoms with Crippen molar-refractivity contribution in [2.75, 3.05) is 6.61 Å². The van der Waals surface area contributed by atoms with Crippen LogP contribution in [0.25, 0.3) is 0 Å². The third-order valence-corrected chi connectivity index (χ3v) is 2.88. The number of Topliss-reactive ketones (excluding diaryl/α,β-unsaturated/α-hetero) is 1. The second-order valence-electron chi connectivity index (χ2n) is 4.42. The zero-order valence-corrected chi connectivity index (χ0v) is 11.2. The number of carbonyl (C=O) groups is 2. The van der Waals surface area contributed by atoms with Gasteiger partial charge in [-0.05, 0) is 42.5 Å². The molecule has 2 N–H and O–H groups in total. The molecule has 108 valence electrons. The fraction of sp³-hybridized carbons (Fsp3) is 0.125. The average Bonchev–Trinajstić information content (AvgIpc) is 2.48. The van der Waals surface area contributed by atoms with Crippen molar-refractivity contribution >= 4 is 11.7 Å². The molecule has 0 fully saturated rings. The molecule has 0 aliphatic rings. The Labute approximate surface area is 121 Å². The Morgan fingerprint density at radius 2 is 1.76 bits per heavy atom. The van der Waals surface area contributed by atoms with Gasteiger partial charge in [-0.3, -0.25) is 9.59 Å². The molecule has 0 bridgehead atoms. The summed E-state index contributed by atoms with van der Waals surface area (Å²) in [6, 6.07) is 11.8. The molecule has 0 spiro atoms. The fourth-order valence-corrected chi connectivity index (χ4v) is 1.78. The number of primary amides is 1. The monoisotopic (exact) mass is 287 g/mol. The average molecular weight is 287 g/mol. The maximum atomic E-state index is 12.8. The Balaban J connectivity index is 1.89. The Morgan fingerprint density at radius 1 is 1.05 bits per heavy atom. The normalized spacial score (nSPS) is 10.1. The first kappa shape index (κ1) is 14.7. The van der Waals surface area contributed by atoms with Crippen molar-refractivity contribution in [2.45, 2.75) is 6.42 Å². The number of hydrogen-bond donors (Lipinski definition) is 1. The number of hydrogen-bond acceptors (Lipinski definition) is 3. The SMILES string of the molecule is NC(=O)c1cccc(OCCC(=O)c2ccc(F)cc2)c1. The Bertz CT molecular complexity index is 653. The van der Waals surface area contributed by atoms with Crippen molar-refractivity contribution in [3.05, 3.63) is 65.5 Å². The van der Waals surface area contributed by atoms with Crippen LogP contribution in [0.15, 0.2) is 48.5 Å². The maximum absolute atomic E-state index is 12.8. The molecule has 0 aliphatic carbocycles. The highest BCUT2D eigenvalue weighted by atomic mass is 19.1. The van der Waals surface area contributed by atoms with Gasteiger partial charge in [0.25, 0.3) is 0 Å². The second kappa shape index (κ2) is 6.65. The van der Waals surface area contributed by atoms with Crippen LogP contribution in [-0.2, 0) is 0 Å². The van der Waals surface area contributed by atoms with Gasteiger partial charge in [0.05, 0.1) is 6.61 Å². The predicted molar refractivity (Wildman–Crippen MR) is 75.8 cm³/mol. The van der Waals surface area contributed by atoms with Crippen LogP contribution in [0.5, 0.6) is 5.75 Å². The van der Waals surface area contributed by atoms with Crippen molar-refractivity contribution in [3.8, 4) is 5.75 Å². The van der Waals surface area contributed by atoms with Crippen molar-refractivity contribution in [1.29, 1.82) is 0 Å². The van der Waals surface area contributed by atoms with Crippen LogP contribution in [0.3, 0.4) is 0 Å². The van der Waals surface area contributed by atoms with Crippen LogP contribution in [0.2, 0.25) is 0 Å². The summed E-state index contributed by atoms with van der Waals surface area (Å²) in [7, 11) is 0. The number of amides is 1. The highest BCUT2D eigenvalue weighted by Gasteiger charge is 2.07. The van der Waals surface area contributed by atoms with Gasteiger partial charge in [0.1, 0.15) is 11.6 Å². The van der Waals surface area contributed by atoms with Crippen molar-refractivity contribution in [3.63, 3.8) is 0 Å². The minimum Gasteiger partial charge on any atom is -0.493 e. The molecule has 0 unspecified atom stereocenters. The molecule has 0 saturated carbocycles. The van der Waals surface area contributed by atoms with Crippen LogP contribution in [0.4, 0.5) is 4.39 Å². The van der Waals surface area contributed by atoms with E-state index in [1.807, 2.05) is 0 Å². The minimum absolute atomic E-state index is 0.138. The Kier molecular flexibility index (Phi) is 4.66. The lowest BCUT2D eigenvalue weighted by Gasteiger charge is -2.06. The van der Waals surface area contributed by atoms with Gasteiger partial charge < -0.3 is 10.5 Å². The van der Waals surface area contributed by atoms with E-state index in [0.29, 0.717) is 16.9 Å². The van der Waals surface area contributed by atoms with Gasteiger partial charge in [0.15, 0.2) is 5.78 Å². The van der Waals surface area contributed by atoms with Crippen LogP contribution < -0.4 is 10.5 Å². The summed E-state index contributed by atoms with van der Waals surface area (Å²) in [6.45, 7) is 0.165. The highest BCUT2D eigenvalue weighted by molar-refractivity contribution is 5.96. The topological polar surface area (TPSA) is 69.4 Å². The summed E-state index contributed by atoms with van der Waals surface area (Å²) < 4.78 is 18.2. The number of ether oxygens (including phenoxy) is 1. The Morgan fingerprint density at radius 3 is 2.43 bits per heavy atom. The first-order valence-corrected chi connectivity index (χ1v) is 6.37. The summed E-state index contributed by atoms with van der Waals surface area (Å²) in [4.78, 5) is 22.9. The molecule has 0 aliphatic heterocycles. The van der Waals surface area contributed by atoms with E-state index in [0.717, 1.165) is 0 Å². The second-order valence-corrected chi connectivity index (χ2v) is 4.42. The van der Waals surface area contributed by atoms with Crippen LogP contribution in [0.1, 0.15) is 27.1 Å². The zero-order chi connectivity index (χ0) is 15.2. The summed E-state index contributed by atoms with van der Waals surface area (Å²) >= 11 is 0. The first-order chi connectivity index (χ1) is 10.1. The molecule has 0 heterocycles. The third kappa shape index (κ3) is 4.14. The minimum atomic E-state index is -0.539. The van der Waals surface area contributed by atoms with Gasteiger partial charge in [0, 0.05) is 17.5 Å². The maximum Gasteiger partial charge on any atom is 0.248 e. The lowest BCUT2D eigenvalue weighted by molar-refractivity contribution is 0.0958. The van der Waals surface area contributed by atoms with Crippen molar-refractivity contribution in [1.82, 2.24) is 0 Å². The van der Waals surface area contributed by atoms with E-state index in [-0.39, 0.29) is 24.6 Å². The molecule has 21 heavy (non-hydrogen) atoms.